The molecule has 2 atom stereocenters. The number of ether oxygens (including phenoxy) is 2. The molecule has 0 spiro atoms. The lowest BCUT2D eigenvalue weighted by Gasteiger charge is -2.15. The Morgan fingerprint density at radius 3 is 2.57 bits per heavy atom. The van der Waals surface area contributed by atoms with Gasteiger partial charge in [-0.25, -0.2) is 4.98 Å². The molecule has 2 N–H and O–H groups in total. The first-order valence-corrected chi connectivity index (χ1v) is 10.3. The van der Waals surface area contributed by atoms with Crippen LogP contribution in [0.5, 0.6) is 11.5 Å². The Hall–Kier alpha value is -2.41. The molecule has 1 aliphatic rings. The number of hydrogen-bond acceptors (Lipinski definition) is 6. The predicted molar refractivity (Wildman–Crippen MR) is 112 cm³/mol. The van der Waals surface area contributed by atoms with Gasteiger partial charge in [0.05, 0.1) is 12.8 Å². The molecular formula is C22H25N3O2S. The number of nitrogens with zero attached hydrogens (tertiary/aromatic N) is 2. The summed E-state index contributed by atoms with van der Waals surface area (Å²) in [6.07, 6.45) is 0. The van der Waals surface area contributed by atoms with Gasteiger partial charge in [0.2, 0.25) is 0 Å². The fraction of sp³-hybridized carbons (Fsp3) is 0.318. The van der Waals surface area contributed by atoms with Crippen molar-refractivity contribution in [1.82, 2.24) is 9.88 Å². The van der Waals surface area contributed by atoms with Crippen LogP contribution in [0.15, 0.2) is 60.0 Å². The van der Waals surface area contributed by atoms with Crippen LogP contribution in [-0.4, -0.2) is 36.1 Å². The molecule has 0 amide bonds. The zero-order valence-electron chi connectivity index (χ0n) is 16.0. The molecule has 3 aromatic rings. The summed E-state index contributed by atoms with van der Waals surface area (Å²) < 4.78 is 11.0. The summed E-state index contributed by atoms with van der Waals surface area (Å²) in [5.74, 6) is 2.02. The Kier molecular flexibility index (Phi) is 5.90. The van der Waals surface area contributed by atoms with Crippen LogP contribution >= 0.6 is 11.3 Å². The lowest BCUT2D eigenvalue weighted by molar-refractivity contribution is 0.301. The second-order valence-electron chi connectivity index (χ2n) is 7.07. The van der Waals surface area contributed by atoms with Crippen molar-refractivity contribution in [1.29, 1.82) is 0 Å². The van der Waals surface area contributed by atoms with Gasteiger partial charge < -0.3 is 15.2 Å². The van der Waals surface area contributed by atoms with Crippen molar-refractivity contribution in [2.75, 3.05) is 20.2 Å². The zero-order chi connectivity index (χ0) is 19.3. The highest BCUT2D eigenvalue weighted by Crippen LogP contribution is 2.27. The van der Waals surface area contributed by atoms with E-state index < -0.39 is 0 Å². The smallest absolute Gasteiger partial charge is 0.140 e. The second kappa shape index (κ2) is 8.73. The minimum absolute atomic E-state index is 0.166. The molecule has 0 saturated carbocycles. The van der Waals surface area contributed by atoms with Gasteiger partial charge in [-0.05, 0) is 29.8 Å². The van der Waals surface area contributed by atoms with Gasteiger partial charge in [-0.1, -0.05) is 30.3 Å². The van der Waals surface area contributed by atoms with E-state index in [0.717, 1.165) is 41.8 Å². The van der Waals surface area contributed by atoms with E-state index in [-0.39, 0.29) is 6.04 Å². The molecule has 0 unspecified atom stereocenters. The Labute approximate surface area is 169 Å². The number of benzene rings is 2. The molecule has 0 radical (unpaired) electrons. The molecule has 1 fully saturated rings. The number of likely N-dealkylation sites (tertiary alicyclic amines) is 1. The number of rotatable bonds is 7. The van der Waals surface area contributed by atoms with Crippen LogP contribution in [0, 0.1) is 0 Å². The zero-order valence-corrected chi connectivity index (χ0v) is 16.8. The SMILES string of the molecule is COc1ccc(OCc2nc(CN3C[C@@H](N)[C@H](c4ccccc4)C3)cs2)cc1. The summed E-state index contributed by atoms with van der Waals surface area (Å²) in [5, 5.41) is 3.10. The van der Waals surface area contributed by atoms with Gasteiger partial charge in [-0.15, -0.1) is 11.3 Å². The van der Waals surface area contributed by atoms with Crippen molar-refractivity contribution < 1.29 is 9.47 Å². The first-order chi connectivity index (χ1) is 13.7. The van der Waals surface area contributed by atoms with Crippen LogP contribution in [-0.2, 0) is 13.2 Å². The monoisotopic (exact) mass is 395 g/mol. The third kappa shape index (κ3) is 4.52. The summed E-state index contributed by atoms with van der Waals surface area (Å²) in [6.45, 7) is 3.17. The Bertz CT molecular complexity index is 882. The van der Waals surface area contributed by atoms with Crippen LogP contribution in [0.1, 0.15) is 22.2 Å². The van der Waals surface area contributed by atoms with Crippen molar-refractivity contribution in [2.24, 2.45) is 5.73 Å². The summed E-state index contributed by atoms with van der Waals surface area (Å²) in [4.78, 5) is 7.13. The molecule has 2 heterocycles. The topological polar surface area (TPSA) is 60.6 Å². The fourth-order valence-electron chi connectivity index (χ4n) is 3.63. The number of methoxy groups -OCH3 is 1. The summed E-state index contributed by atoms with van der Waals surface area (Å²) in [5.41, 5.74) is 8.81. The third-order valence-electron chi connectivity index (χ3n) is 5.08. The molecule has 0 aliphatic carbocycles. The highest BCUT2D eigenvalue weighted by Gasteiger charge is 2.31. The first kappa shape index (κ1) is 18.9. The highest BCUT2D eigenvalue weighted by atomic mass is 32.1. The van der Waals surface area contributed by atoms with Gasteiger partial charge in [0, 0.05) is 37.0 Å². The largest absolute Gasteiger partial charge is 0.497 e. The van der Waals surface area contributed by atoms with Crippen molar-refractivity contribution in [3.63, 3.8) is 0 Å². The molecule has 5 nitrogen and oxygen atoms in total. The molecule has 0 bridgehead atoms. The minimum Gasteiger partial charge on any atom is -0.497 e. The molecular weight excluding hydrogens is 370 g/mol. The molecule has 4 rings (SSSR count). The number of nitrogens with two attached hydrogens (primary N) is 1. The molecule has 28 heavy (non-hydrogen) atoms. The number of aromatic nitrogens is 1. The van der Waals surface area contributed by atoms with Gasteiger partial charge in [-0.3, -0.25) is 4.90 Å². The van der Waals surface area contributed by atoms with Crippen LogP contribution < -0.4 is 15.2 Å². The average molecular weight is 396 g/mol. The van der Waals surface area contributed by atoms with E-state index in [0.29, 0.717) is 12.5 Å². The van der Waals surface area contributed by atoms with Crippen LogP contribution in [0.2, 0.25) is 0 Å². The minimum atomic E-state index is 0.166. The van der Waals surface area contributed by atoms with Gasteiger partial charge in [0.15, 0.2) is 0 Å². The summed E-state index contributed by atoms with van der Waals surface area (Å²) >= 11 is 1.64. The van der Waals surface area contributed by atoms with E-state index in [1.54, 1.807) is 18.4 Å². The summed E-state index contributed by atoms with van der Waals surface area (Å²) in [7, 11) is 1.66. The Balaban J connectivity index is 1.31. The Morgan fingerprint density at radius 2 is 1.82 bits per heavy atom. The van der Waals surface area contributed by atoms with Crippen molar-refractivity contribution >= 4 is 11.3 Å². The van der Waals surface area contributed by atoms with Gasteiger partial charge in [-0.2, -0.15) is 0 Å². The molecule has 1 aliphatic heterocycles. The van der Waals surface area contributed by atoms with E-state index in [9.17, 15) is 0 Å². The quantitative estimate of drug-likeness (QED) is 0.662. The van der Waals surface area contributed by atoms with E-state index in [2.05, 4.69) is 34.5 Å². The normalized spacial score (nSPS) is 19.6. The average Bonchev–Trinajstić information content (AvgIpc) is 3.33. The van der Waals surface area contributed by atoms with E-state index in [1.165, 1.54) is 5.56 Å². The van der Waals surface area contributed by atoms with Crippen LogP contribution in [0.25, 0.3) is 0 Å². The van der Waals surface area contributed by atoms with E-state index in [1.807, 2.05) is 30.3 Å². The Morgan fingerprint density at radius 1 is 1.07 bits per heavy atom. The lowest BCUT2D eigenvalue weighted by Crippen LogP contribution is -2.28. The number of thiazole rings is 1. The second-order valence-corrected chi connectivity index (χ2v) is 8.01. The maximum absolute atomic E-state index is 6.40. The van der Waals surface area contributed by atoms with E-state index >= 15 is 0 Å². The fourth-order valence-corrected chi connectivity index (χ4v) is 4.33. The molecule has 2 aromatic carbocycles. The van der Waals surface area contributed by atoms with Crippen molar-refractivity contribution in [3.8, 4) is 11.5 Å². The highest BCUT2D eigenvalue weighted by molar-refractivity contribution is 7.09. The molecule has 146 valence electrons. The van der Waals surface area contributed by atoms with Crippen molar-refractivity contribution in [2.45, 2.75) is 25.1 Å². The standard InChI is InChI=1S/C22H25N3O2S/c1-26-18-7-9-19(10-8-18)27-14-22-24-17(15-28-22)11-25-12-20(21(23)13-25)16-5-3-2-4-6-16/h2-10,15,20-21H,11-14,23H2,1H3/t20-,21+/m0/s1. The van der Waals surface area contributed by atoms with Crippen LogP contribution in [0.4, 0.5) is 0 Å². The predicted octanol–water partition coefficient (Wildman–Crippen LogP) is 3.66. The van der Waals surface area contributed by atoms with Gasteiger partial charge >= 0.3 is 0 Å². The maximum atomic E-state index is 6.40. The van der Waals surface area contributed by atoms with Gasteiger partial charge in [0.1, 0.15) is 23.1 Å². The van der Waals surface area contributed by atoms with Crippen molar-refractivity contribution in [3.05, 3.63) is 76.2 Å². The molecule has 1 aromatic heterocycles. The summed E-state index contributed by atoms with van der Waals surface area (Å²) in [6, 6.07) is 18.3. The first-order valence-electron chi connectivity index (χ1n) is 9.44. The maximum Gasteiger partial charge on any atom is 0.140 e. The molecule has 1 saturated heterocycles. The van der Waals surface area contributed by atoms with Gasteiger partial charge in [0.25, 0.3) is 0 Å². The third-order valence-corrected chi connectivity index (χ3v) is 5.95. The molecule has 6 heteroatoms. The van der Waals surface area contributed by atoms with Crippen LogP contribution in [0.3, 0.4) is 0 Å². The lowest BCUT2D eigenvalue weighted by atomic mass is 9.95. The van der Waals surface area contributed by atoms with E-state index in [4.69, 9.17) is 20.2 Å². The number of hydrogen-bond donors (Lipinski definition) is 1.